The van der Waals surface area contributed by atoms with Gasteiger partial charge in [-0.3, -0.25) is 9.69 Å². The van der Waals surface area contributed by atoms with Crippen molar-refractivity contribution in [2.75, 3.05) is 14.1 Å². The van der Waals surface area contributed by atoms with E-state index in [0.717, 1.165) is 18.4 Å². The molecule has 0 bridgehead atoms. The van der Waals surface area contributed by atoms with Crippen LogP contribution < -0.4 is 0 Å². The van der Waals surface area contributed by atoms with E-state index in [1.807, 2.05) is 37.3 Å². The fourth-order valence-electron chi connectivity index (χ4n) is 3.22. The minimum absolute atomic E-state index is 0.0343. The molecule has 148 valence electrons. The van der Waals surface area contributed by atoms with E-state index < -0.39 is 18.4 Å². The Morgan fingerprint density at radius 1 is 1.30 bits per heavy atom. The maximum Gasteiger partial charge on any atom is 0.412 e. The molecule has 0 unspecified atom stereocenters. The lowest BCUT2D eigenvalue weighted by atomic mass is 10.1. The van der Waals surface area contributed by atoms with Crippen molar-refractivity contribution >= 4 is 12.0 Å². The molecule has 0 radical (unpaired) electrons. The van der Waals surface area contributed by atoms with Gasteiger partial charge >= 0.3 is 6.09 Å². The molecule has 0 saturated carbocycles. The lowest BCUT2D eigenvalue weighted by Crippen LogP contribution is -2.55. The van der Waals surface area contributed by atoms with Crippen molar-refractivity contribution < 1.29 is 19.1 Å². The van der Waals surface area contributed by atoms with Crippen molar-refractivity contribution in [1.82, 2.24) is 9.80 Å². The molecule has 1 aromatic carbocycles. The van der Waals surface area contributed by atoms with Crippen LogP contribution >= 0.6 is 0 Å². The highest BCUT2D eigenvalue weighted by molar-refractivity contribution is 5.85. The first-order valence-electron chi connectivity index (χ1n) is 9.40. The van der Waals surface area contributed by atoms with Gasteiger partial charge in [0.2, 0.25) is 5.91 Å². The fraction of sp³-hybridized carbons (Fsp3) is 0.524. The summed E-state index contributed by atoms with van der Waals surface area (Å²) in [6.45, 7) is 5.88. The Hall–Kier alpha value is -2.34. The largest absolute Gasteiger partial charge is 0.444 e. The molecular formula is C21H30N2O4. The van der Waals surface area contributed by atoms with Crippen LogP contribution in [-0.2, 0) is 20.9 Å². The summed E-state index contributed by atoms with van der Waals surface area (Å²) in [5.74, 6) is -0.173. The van der Waals surface area contributed by atoms with Gasteiger partial charge in [-0.15, -0.1) is 6.58 Å². The summed E-state index contributed by atoms with van der Waals surface area (Å²) >= 11 is 0. The summed E-state index contributed by atoms with van der Waals surface area (Å²) in [5, 5.41) is 0. The zero-order valence-corrected chi connectivity index (χ0v) is 16.5. The van der Waals surface area contributed by atoms with Crippen LogP contribution in [0.3, 0.4) is 0 Å². The van der Waals surface area contributed by atoms with Crippen molar-refractivity contribution in [2.45, 2.75) is 57.6 Å². The van der Waals surface area contributed by atoms with Crippen LogP contribution in [0.1, 0.15) is 38.2 Å². The normalized spacial score (nSPS) is 20.4. The average Bonchev–Trinajstić information content (AvgIpc) is 2.66. The molecule has 0 aromatic heterocycles. The number of hydrogen-bond donors (Lipinski definition) is 0. The molecule has 1 aliphatic heterocycles. The molecule has 3 atom stereocenters. The Bertz CT molecular complexity index is 632. The lowest BCUT2D eigenvalue weighted by Gasteiger charge is -2.40. The molecule has 1 heterocycles. The zero-order chi connectivity index (χ0) is 19.8. The van der Waals surface area contributed by atoms with Gasteiger partial charge in [0.1, 0.15) is 18.9 Å². The monoisotopic (exact) mass is 374 g/mol. The van der Waals surface area contributed by atoms with Crippen LogP contribution in [0, 0.1) is 0 Å². The summed E-state index contributed by atoms with van der Waals surface area (Å²) < 4.78 is 11.5. The van der Waals surface area contributed by atoms with E-state index in [1.54, 1.807) is 20.2 Å². The van der Waals surface area contributed by atoms with Crippen LogP contribution in [0.15, 0.2) is 43.0 Å². The third kappa shape index (κ3) is 5.82. The van der Waals surface area contributed by atoms with Crippen LogP contribution in [0.2, 0.25) is 0 Å². The Morgan fingerprint density at radius 2 is 2.00 bits per heavy atom. The van der Waals surface area contributed by atoms with Crippen molar-refractivity contribution in [3.8, 4) is 0 Å². The highest BCUT2D eigenvalue weighted by Crippen LogP contribution is 2.26. The van der Waals surface area contributed by atoms with E-state index in [1.165, 1.54) is 9.80 Å². The first-order chi connectivity index (χ1) is 12.9. The molecule has 0 N–H and O–H groups in total. The molecule has 1 aliphatic rings. The van der Waals surface area contributed by atoms with Crippen LogP contribution in [0.4, 0.5) is 4.79 Å². The average molecular weight is 374 g/mol. The number of ether oxygens (including phenoxy) is 2. The molecule has 6 heteroatoms. The summed E-state index contributed by atoms with van der Waals surface area (Å²) in [6, 6.07) is 8.78. The van der Waals surface area contributed by atoms with E-state index in [9.17, 15) is 9.59 Å². The van der Waals surface area contributed by atoms with Gasteiger partial charge in [0, 0.05) is 14.1 Å². The smallest absolute Gasteiger partial charge is 0.412 e. The molecule has 2 rings (SSSR count). The molecule has 2 amide bonds. The summed E-state index contributed by atoms with van der Waals surface area (Å²) in [6.07, 6.45) is 3.56. The predicted molar refractivity (Wildman–Crippen MR) is 104 cm³/mol. The second-order valence-corrected chi connectivity index (χ2v) is 7.05. The quantitative estimate of drug-likeness (QED) is 0.685. The lowest BCUT2D eigenvalue weighted by molar-refractivity contribution is -0.151. The predicted octanol–water partition coefficient (Wildman–Crippen LogP) is 3.57. The zero-order valence-electron chi connectivity index (χ0n) is 16.5. The molecule has 6 nitrogen and oxygen atoms in total. The Balaban J connectivity index is 2.22. The van der Waals surface area contributed by atoms with Crippen molar-refractivity contribution in [2.24, 2.45) is 0 Å². The van der Waals surface area contributed by atoms with Gasteiger partial charge in [0.25, 0.3) is 0 Å². The highest BCUT2D eigenvalue weighted by Gasteiger charge is 2.38. The SMILES string of the molecule is C=CC[C@H](C(=O)N(C)C)N(C(=O)OCc1ccccc1)[C@H]1CCC[C@@H](C)O1. The summed E-state index contributed by atoms with van der Waals surface area (Å²) in [4.78, 5) is 28.7. The van der Waals surface area contributed by atoms with Crippen molar-refractivity contribution in [3.63, 3.8) is 0 Å². The van der Waals surface area contributed by atoms with Gasteiger partial charge in [-0.05, 0) is 38.2 Å². The first-order valence-corrected chi connectivity index (χ1v) is 9.40. The summed E-state index contributed by atoms with van der Waals surface area (Å²) in [7, 11) is 3.35. The minimum Gasteiger partial charge on any atom is -0.444 e. The van der Waals surface area contributed by atoms with E-state index in [0.29, 0.717) is 12.8 Å². The fourth-order valence-corrected chi connectivity index (χ4v) is 3.22. The number of likely N-dealkylation sites (N-methyl/N-ethyl adjacent to an activating group) is 1. The Kier molecular flexibility index (Phi) is 7.85. The van der Waals surface area contributed by atoms with Gasteiger partial charge in [-0.25, -0.2) is 4.79 Å². The standard InChI is InChI=1S/C21H30N2O4/c1-5-10-18(20(24)22(3)4)23(19-14-9-11-16(2)27-19)21(25)26-15-17-12-7-6-8-13-17/h5-8,12-13,16,18-19H,1,9-11,14-15H2,2-4H3/t16-,18-,19-/m1/s1. The van der Waals surface area contributed by atoms with Crippen LogP contribution in [0.5, 0.6) is 0 Å². The third-order valence-electron chi connectivity index (χ3n) is 4.63. The molecule has 0 aliphatic carbocycles. The van der Waals surface area contributed by atoms with E-state index in [-0.39, 0.29) is 18.6 Å². The summed E-state index contributed by atoms with van der Waals surface area (Å²) in [5.41, 5.74) is 0.892. The van der Waals surface area contributed by atoms with Crippen molar-refractivity contribution in [3.05, 3.63) is 48.6 Å². The van der Waals surface area contributed by atoms with Gasteiger partial charge in [-0.1, -0.05) is 36.4 Å². The van der Waals surface area contributed by atoms with E-state index in [2.05, 4.69) is 6.58 Å². The minimum atomic E-state index is -0.698. The number of amides is 2. The maximum absolute atomic E-state index is 13.0. The van der Waals surface area contributed by atoms with Gasteiger partial charge in [0.05, 0.1) is 6.10 Å². The highest BCUT2D eigenvalue weighted by atomic mass is 16.6. The number of benzene rings is 1. The number of rotatable bonds is 7. The van der Waals surface area contributed by atoms with Crippen LogP contribution in [-0.4, -0.2) is 54.3 Å². The molecule has 0 spiro atoms. The molecular weight excluding hydrogens is 344 g/mol. The van der Waals surface area contributed by atoms with Crippen LogP contribution in [0.25, 0.3) is 0 Å². The molecule has 1 fully saturated rings. The second kappa shape index (κ2) is 10.1. The number of hydrogen-bond acceptors (Lipinski definition) is 4. The molecule has 27 heavy (non-hydrogen) atoms. The van der Waals surface area contributed by atoms with E-state index >= 15 is 0 Å². The third-order valence-corrected chi connectivity index (χ3v) is 4.63. The number of carbonyl (C=O) groups excluding carboxylic acids is 2. The Morgan fingerprint density at radius 3 is 2.59 bits per heavy atom. The number of nitrogens with zero attached hydrogens (tertiary/aromatic N) is 2. The van der Waals surface area contributed by atoms with Gasteiger partial charge < -0.3 is 14.4 Å². The molecule has 1 aromatic rings. The Labute approximate surface area is 161 Å². The van der Waals surface area contributed by atoms with Crippen molar-refractivity contribution in [1.29, 1.82) is 0 Å². The van der Waals surface area contributed by atoms with E-state index in [4.69, 9.17) is 9.47 Å². The topological polar surface area (TPSA) is 59.1 Å². The second-order valence-electron chi connectivity index (χ2n) is 7.05. The first kappa shape index (κ1) is 21.0. The molecule has 1 saturated heterocycles. The van der Waals surface area contributed by atoms with Gasteiger partial charge in [0.15, 0.2) is 0 Å². The van der Waals surface area contributed by atoms with Gasteiger partial charge in [-0.2, -0.15) is 0 Å². The maximum atomic E-state index is 13.0. The number of carbonyl (C=O) groups is 2.